The average Bonchev–Trinajstić information content (AvgIpc) is 2.60. The van der Waals surface area contributed by atoms with E-state index in [4.69, 9.17) is 4.74 Å². The van der Waals surface area contributed by atoms with Crippen LogP contribution in [0, 0.1) is 5.92 Å². The van der Waals surface area contributed by atoms with E-state index in [0.29, 0.717) is 12.5 Å². The van der Waals surface area contributed by atoms with Gasteiger partial charge < -0.3 is 15.4 Å². The molecule has 88 valence electrons. The molecule has 0 spiro atoms. The second-order valence-corrected chi connectivity index (χ2v) is 4.71. The summed E-state index contributed by atoms with van der Waals surface area (Å²) in [6.07, 6.45) is 1.31. The summed E-state index contributed by atoms with van der Waals surface area (Å²) in [4.78, 5) is 11.7. The fourth-order valence-corrected chi connectivity index (χ4v) is 1.60. The third-order valence-corrected chi connectivity index (χ3v) is 3.25. The summed E-state index contributed by atoms with van der Waals surface area (Å²) in [5, 5.41) is 5.95. The minimum atomic E-state index is -0.497. The SMILES string of the molecule is CNC(C)(C)C(=O)NCC1CCOC1C. The van der Waals surface area contributed by atoms with Crippen molar-refractivity contribution in [2.24, 2.45) is 5.92 Å². The van der Waals surface area contributed by atoms with E-state index in [1.807, 2.05) is 13.8 Å². The van der Waals surface area contributed by atoms with Gasteiger partial charge in [0, 0.05) is 19.1 Å². The van der Waals surface area contributed by atoms with Crippen molar-refractivity contribution >= 4 is 5.91 Å². The van der Waals surface area contributed by atoms with Crippen LogP contribution in [-0.2, 0) is 9.53 Å². The van der Waals surface area contributed by atoms with Gasteiger partial charge in [-0.25, -0.2) is 0 Å². The van der Waals surface area contributed by atoms with Crippen LogP contribution in [0.2, 0.25) is 0 Å². The zero-order valence-corrected chi connectivity index (χ0v) is 10.1. The average molecular weight is 214 g/mol. The van der Waals surface area contributed by atoms with Crippen molar-refractivity contribution in [3.63, 3.8) is 0 Å². The van der Waals surface area contributed by atoms with Gasteiger partial charge in [0.15, 0.2) is 0 Å². The predicted octanol–water partition coefficient (Wildman–Crippen LogP) is 0.526. The highest BCUT2D eigenvalue weighted by molar-refractivity contribution is 5.85. The number of hydrogen-bond donors (Lipinski definition) is 2. The van der Waals surface area contributed by atoms with Crippen molar-refractivity contribution in [3.8, 4) is 0 Å². The summed E-state index contributed by atoms with van der Waals surface area (Å²) in [5.41, 5.74) is -0.497. The number of amides is 1. The Labute approximate surface area is 91.8 Å². The van der Waals surface area contributed by atoms with Crippen LogP contribution in [0.1, 0.15) is 27.2 Å². The van der Waals surface area contributed by atoms with Gasteiger partial charge in [0.05, 0.1) is 11.6 Å². The lowest BCUT2D eigenvalue weighted by atomic mass is 10.0. The highest BCUT2D eigenvalue weighted by Gasteiger charge is 2.28. The molecule has 1 heterocycles. The van der Waals surface area contributed by atoms with Crippen LogP contribution in [0.3, 0.4) is 0 Å². The number of carbonyl (C=O) groups is 1. The minimum Gasteiger partial charge on any atom is -0.378 e. The standard InChI is InChI=1S/C11H22N2O2/c1-8-9(5-6-15-8)7-13-10(14)11(2,3)12-4/h8-9,12H,5-7H2,1-4H3,(H,13,14). The molecule has 0 radical (unpaired) electrons. The smallest absolute Gasteiger partial charge is 0.239 e. The van der Waals surface area contributed by atoms with Gasteiger partial charge in [-0.15, -0.1) is 0 Å². The van der Waals surface area contributed by atoms with Crippen LogP contribution in [0.25, 0.3) is 0 Å². The van der Waals surface area contributed by atoms with Crippen molar-refractivity contribution in [1.82, 2.24) is 10.6 Å². The van der Waals surface area contributed by atoms with Crippen LogP contribution in [-0.4, -0.2) is 37.7 Å². The van der Waals surface area contributed by atoms with Crippen molar-refractivity contribution in [2.45, 2.75) is 38.8 Å². The van der Waals surface area contributed by atoms with Gasteiger partial charge in [-0.05, 0) is 34.2 Å². The molecule has 1 aliphatic rings. The van der Waals surface area contributed by atoms with Gasteiger partial charge >= 0.3 is 0 Å². The highest BCUT2D eigenvalue weighted by atomic mass is 16.5. The molecule has 0 saturated carbocycles. The Morgan fingerprint density at radius 1 is 1.53 bits per heavy atom. The summed E-state index contributed by atoms with van der Waals surface area (Å²) in [6, 6.07) is 0. The zero-order chi connectivity index (χ0) is 11.5. The summed E-state index contributed by atoms with van der Waals surface area (Å²) >= 11 is 0. The molecule has 1 rings (SSSR count). The molecule has 0 aliphatic carbocycles. The molecule has 0 bridgehead atoms. The second-order valence-electron chi connectivity index (χ2n) is 4.71. The van der Waals surface area contributed by atoms with Crippen molar-refractivity contribution < 1.29 is 9.53 Å². The minimum absolute atomic E-state index is 0.0455. The molecule has 1 fully saturated rings. The zero-order valence-electron chi connectivity index (χ0n) is 10.1. The van der Waals surface area contributed by atoms with Crippen molar-refractivity contribution in [1.29, 1.82) is 0 Å². The molecular formula is C11H22N2O2. The van der Waals surface area contributed by atoms with Gasteiger partial charge in [0.25, 0.3) is 0 Å². The molecule has 1 saturated heterocycles. The molecule has 1 aliphatic heterocycles. The molecule has 4 nitrogen and oxygen atoms in total. The number of ether oxygens (including phenoxy) is 1. The van der Waals surface area contributed by atoms with Gasteiger partial charge in [-0.2, -0.15) is 0 Å². The molecule has 0 aromatic heterocycles. The van der Waals surface area contributed by atoms with E-state index in [1.54, 1.807) is 7.05 Å². The number of carbonyl (C=O) groups excluding carboxylic acids is 1. The van der Waals surface area contributed by atoms with Crippen molar-refractivity contribution in [2.75, 3.05) is 20.2 Å². The summed E-state index contributed by atoms with van der Waals surface area (Å²) < 4.78 is 5.44. The van der Waals surface area contributed by atoms with E-state index in [1.165, 1.54) is 0 Å². The Morgan fingerprint density at radius 3 is 2.67 bits per heavy atom. The third-order valence-electron chi connectivity index (χ3n) is 3.25. The Morgan fingerprint density at radius 2 is 2.20 bits per heavy atom. The summed E-state index contributed by atoms with van der Waals surface area (Å²) in [7, 11) is 1.79. The number of rotatable bonds is 4. The van der Waals surface area contributed by atoms with Gasteiger partial charge in [-0.3, -0.25) is 4.79 Å². The Kier molecular flexibility index (Phi) is 4.11. The lowest BCUT2D eigenvalue weighted by molar-refractivity contribution is -0.126. The molecule has 1 amide bonds. The van der Waals surface area contributed by atoms with Crippen LogP contribution >= 0.6 is 0 Å². The molecule has 4 heteroatoms. The maximum Gasteiger partial charge on any atom is 0.239 e. The fraction of sp³-hybridized carbons (Fsp3) is 0.909. The number of likely N-dealkylation sites (N-methyl/N-ethyl adjacent to an activating group) is 1. The van der Waals surface area contributed by atoms with Gasteiger partial charge in [0.1, 0.15) is 0 Å². The molecule has 0 aromatic rings. The Hall–Kier alpha value is -0.610. The lowest BCUT2D eigenvalue weighted by Crippen LogP contribution is -2.52. The third kappa shape index (κ3) is 3.18. The molecule has 2 unspecified atom stereocenters. The Balaban J connectivity index is 2.34. The van der Waals surface area contributed by atoms with Crippen LogP contribution in [0.5, 0.6) is 0 Å². The lowest BCUT2D eigenvalue weighted by Gasteiger charge is -2.24. The molecule has 2 atom stereocenters. The van der Waals surface area contributed by atoms with E-state index < -0.39 is 5.54 Å². The summed E-state index contributed by atoms with van der Waals surface area (Å²) in [5.74, 6) is 0.505. The van der Waals surface area contributed by atoms with E-state index in [-0.39, 0.29) is 12.0 Å². The normalized spacial score (nSPS) is 26.7. The van der Waals surface area contributed by atoms with Crippen molar-refractivity contribution in [3.05, 3.63) is 0 Å². The highest BCUT2D eigenvalue weighted by Crippen LogP contribution is 2.19. The molecule has 2 N–H and O–H groups in total. The quantitative estimate of drug-likeness (QED) is 0.717. The van der Waals surface area contributed by atoms with E-state index in [0.717, 1.165) is 13.0 Å². The largest absolute Gasteiger partial charge is 0.378 e. The maximum absolute atomic E-state index is 11.7. The molecule has 0 aromatic carbocycles. The first-order valence-corrected chi connectivity index (χ1v) is 5.56. The van der Waals surface area contributed by atoms with E-state index in [2.05, 4.69) is 17.6 Å². The first kappa shape index (κ1) is 12.5. The number of nitrogens with one attached hydrogen (secondary N) is 2. The first-order chi connectivity index (χ1) is 6.97. The monoisotopic (exact) mass is 214 g/mol. The Bertz CT molecular complexity index is 229. The van der Waals surface area contributed by atoms with Crippen LogP contribution in [0.4, 0.5) is 0 Å². The first-order valence-electron chi connectivity index (χ1n) is 5.56. The second kappa shape index (κ2) is 4.94. The van der Waals surface area contributed by atoms with E-state index >= 15 is 0 Å². The maximum atomic E-state index is 11.7. The van der Waals surface area contributed by atoms with Gasteiger partial charge in [-0.1, -0.05) is 0 Å². The fourth-order valence-electron chi connectivity index (χ4n) is 1.60. The van der Waals surface area contributed by atoms with Crippen LogP contribution < -0.4 is 10.6 Å². The van der Waals surface area contributed by atoms with Gasteiger partial charge in [0.2, 0.25) is 5.91 Å². The topological polar surface area (TPSA) is 50.4 Å². The molecule has 15 heavy (non-hydrogen) atoms. The predicted molar refractivity (Wildman–Crippen MR) is 59.7 cm³/mol. The van der Waals surface area contributed by atoms with Crippen LogP contribution in [0.15, 0.2) is 0 Å². The number of hydrogen-bond acceptors (Lipinski definition) is 3. The molecular weight excluding hydrogens is 192 g/mol. The summed E-state index contributed by atoms with van der Waals surface area (Å²) in [6.45, 7) is 7.34. The van der Waals surface area contributed by atoms with E-state index in [9.17, 15) is 4.79 Å².